The minimum absolute atomic E-state index is 0.124. The van der Waals surface area contributed by atoms with E-state index in [1.54, 1.807) is 0 Å². The van der Waals surface area contributed by atoms with E-state index in [9.17, 15) is 0 Å². The number of rotatable bonds is 5. The van der Waals surface area contributed by atoms with E-state index in [0.29, 0.717) is 5.92 Å². The first-order valence-corrected chi connectivity index (χ1v) is 8.04. The van der Waals surface area contributed by atoms with Gasteiger partial charge in [-0.15, -0.1) is 0 Å². The molecule has 0 bridgehead atoms. The maximum absolute atomic E-state index is 6.33. The number of hydrogen-bond donors (Lipinski definition) is 1. The Morgan fingerprint density at radius 2 is 1.45 bits per heavy atom. The quantitative estimate of drug-likeness (QED) is 0.666. The van der Waals surface area contributed by atoms with Crippen molar-refractivity contribution in [3.8, 4) is 0 Å². The van der Waals surface area contributed by atoms with Crippen molar-refractivity contribution in [3.05, 3.63) is 83.9 Å². The zero-order chi connectivity index (χ0) is 15.4. The minimum Gasteiger partial charge on any atom is -0.324 e. The second-order valence-electron chi connectivity index (χ2n) is 6.06. The van der Waals surface area contributed by atoms with E-state index >= 15 is 0 Å². The monoisotopic (exact) mass is 289 g/mol. The highest BCUT2D eigenvalue weighted by Gasteiger charge is 2.12. The van der Waals surface area contributed by atoms with Gasteiger partial charge in [0.1, 0.15) is 0 Å². The molecule has 2 atom stereocenters. The highest BCUT2D eigenvalue weighted by molar-refractivity contribution is 5.86. The third-order valence-electron chi connectivity index (χ3n) is 4.49. The van der Waals surface area contributed by atoms with Gasteiger partial charge >= 0.3 is 0 Å². The number of nitrogens with two attached hydrogens (primary N) is 1. The van der Waals surface area contributed by atoms with Gasteiger partial charge in [0, 0.05) is 6.04 Å². The van der Waals surface area contributed by atoms with Gasteiger partial charge in [0.25, 0.3) is 0 Å². The molecule has 2 unspecified atom stereocenters. The summed E-state index contributed by atoms with van der Waals surface area (Å²) >= 11 is 0. The van der Waals surface area contributed by atoms with E-state index in [4.69, 9.17) is 5.73 Å². The van der Waals surface area contributed by atoms with Crippen molar-refractivity contribution in [1.82, 2.24) is 0 Å². The van der Waals surface area contributed by atoms with Gasteiger partial charge in [-0.3, -0.25) is 0 Å². The Labute approximate surface area is 132 Å². The molecule has 0 radical (unpaired) electrons. The van der Waals surface area contributed by atoms with Gasteiger partial charge in [-0.2, -0.15) is 0 Å². The van der Waals surface area contributed by atoms with Crippen molar-refractivity contribution < 1.29 is 0 Å². The molecule has 1 heteroatoms. The summed E-state index contributed by atoms with van der Waals surface area (Å²) in [5.74, 6) is 0.515. The molecular weight excluding hydrogens is 266 g/mol. The molecule has 0 aliphatic carbocycles. The third kappa shape index (κ3) is 3.20. The minimum atomic E-state index is 0.124. The number of fused-ring (bicyclic) bond motifs is 1. The zero-order valence-corrected chi connectivity index (χ0v) is 13.1. The fourth-order valence-electron chi connectivity index (χ4n) is 3.13. The van der Waals surface area contributed by atoms with Crippen LogP contribution in [0.5, 0.6) is 0 Å². The average molecular weight is 289 g/mol. The van der Waals surface area contributed by atoms with Crippen LogP contribution in [0.25, 0.3) is 10.8 Å². The molecule has 0 spiro atoms. The predicted octanol–water partition coefficient (Wildman–Crippen LogP) is 5.42. The van der Waals surface area contributed by atoms with Crippen molar-refractivity contribution in [3.63, 3.8) is 0 Å². The molecule has 2 N–H and O–H groups in total. The van der Waals surface area contributed by atoms with E-state index in [2.05, 4.69) is 73.7 Å². The van der Waals surface area contributed by atoms with Gasteiger partial charge in [-0.1, -0.05) is 79.7 Å². The van der Waals surface area contributed by atoms with Crippen LogP contribution in [0, 0.1) is 0 Å². The fraction of sp³-hybridized carbons (Fsp3) is 0.238. The lowest BCUT2D eigenvalue weighted by Crippen LogP contribution is -2.11. The summed E-state index contributed by atoms with van der Waals surface area (Å²) in [5.41, 5.74) is 8.99. The normalized spacial score (nSPS) is 13.9. The zero-order valence-electron chi connectivity index (χ0n) is 13.1. The SMILES string of the molecule is CC(CCC(N)c1ccccc1)c1cccc2ccccc12. The average Bonchev–Trinajstić information content (AvgIpc) is 2.59. The Hall–Kier alpha value is -2.12. The Morgan fingerprint density at radius 3 is 2.27 bits per heavy atom. The van der Waals surface area contributed by atoms with Gasteiger partial charge in [-0.25, -0.2) is 0 Å². The van der Waals surface area contributed by atoms with Crippen molar-refractivity contribution in [2.45, 2.75) is 31.7 Å². The van der Waals surface area contributed by atoms with Crippen LogP contribution in [0.15, 0.2) is 72.8 Å². The summed E-state index contributed by atoms with van der Waals surface area (Å²) < 4.78 is 0. The van der Waals surface area contributed by atoms with E-state index in [0.717, 1.165) is 12.8 Å². The number of benzene rings is 3. The lowest BCUT2D eigenvalue weighted by atomic mass is 9.89. The second-order valence-corrected chi connectivity index (χ2v) is 6.06. The molecule has 0 aliphatic heterocycles. The Bertz CT molecular complexity index is 728. The third-order valence-corrected chi connectivity index (χ3v) is 4.49. The van der Waals surface area contributed by atoms with Crippen LogP contribution in [0.2, 0.25) is 0 Å². The molecule has 1 nitrogen and oxygen atoms in total. The van der Waals surface area contributed by atoms with Gasteiger partial charge in [-0.05, 0) is 40.7 Å². The summed E-state index contributed by atoms with van der Waals surface area (Å²) in [6.45, 7) is 2.31. The first kappa shape index (κ1) is 14.8. The summed E-state index contributed by atoms with van der Waals surface area (Å²) in [5, 5.41) is 2.69. The highest BCUT2D eigenvalue weighted by atomic mass is 14.6. The van der Waals surface area contributed by atoms with Crippen LogP contribution in [-0.4, -0.2) is 0 Å². The van der Waals surface area contributed by atoms with Gasteiger partial charge in [0.05, 0.1) is 0 Å². The first-order valence-electron chi connectivity index (χ1n) is 8.04. The van der Waals surface area contributed by atoms with Gasteiger partial charge in [0.15, 0.2) is 0 Å². The smallest absolute Gasteiger partial charge is 0.0295 e. The summed E-state index contributed by atoms with van der Waals surface area (Å²) in [7, 11) is 0. The predicted molar refractivity (Wildman–Crippen MR) is 95.0 cm³/mol. The van der Waals surface area contributed by atoms with E-state index in [1.807, 2.05) is 6.07 Å². The molecule has 3 aromatic rings. The number of hydrogen-bond acceptors (Lipinski definition) is 1. The van der Waals surface area contributed by atoms with Crippen LogP contribution < -0.4 is 5.73 Å². The lowest BCUT2D eigenvalue weighted by molar-refractivity contribution is 0.561. The van der Waals surface area contributed by atoms with Crippen molar-refractivity contribution >= 4 is 10.8 Å². The molecule has 3 rings (SSSR count). The fourth-order valence-corrected chi connectivity index (χ4v) is 3.13. The molecule has 22 heavy (non-hydrogen) atoms. The Morgan fingerprint density at radius 1 is 0.773 bits per heavy atom. The molecule has 3 aromatic carbocycles. The van der Waals surface area contributed by atoms with E-state index in [1.165, 1.54) is 21.9 Å². The standard InChI is InChI=1S/C21H23N/c1-16(14-15-21(22)18-9-3-2-4-10-18)19-13-7-11-17-8-5-6-12-20(17)19/h2-13,16,21H,14-15,22H2,1H3. The van der Waals surface area contributed by atoms with Gasteiger partial charge in [0.2, 0.25) is 0 Å². The second kappa shape index (κ2) is 6.76. The molecule has 0 fully saturated rings. The van der Waals surface area contributed by atoms with Crippen LogP contribution >= 0.6 is 0 Å². The molecule has 0 saturated carbocycles. The largest absolute Gasteiger partial charge is 0.324 e. The van der Waals surface area contributed by atoms with E-state index in [-0.39, 0.29) is 6.04 Å². The first-order chi connectivity index (χ1) is 10.8. The van der Waals surface area contributed by atoms with E-state index < -0.39 is 0 Å². The van der Waals surface area contributed by atoms with Crippen LogP contribution in [0.4, 0.5) is 0 Å². The van der Waals surface area contributed by atoms with Crippen molar-refractivity contribution in [2.24, 2.45) is 5.73 Å². The highest BCUT2D eigenvalue weighted by Crippen LogP contribution is 2.30. The Balaban J connectivity index is 1.73. The van der Waals surface area contributed by atoms with Crippen molar-refractivity contribution in [1.29, 1.82) is 0 Å². The molecule has 0 aromatic heterocycles. The molecule has 0 amide bonds. The maximum Gasteiger partial charge on any atom is 0.0295 e. The van der Waals surface area contributed by atoms with Crippen LogP contribution in [0.1, 0.15) is 42.9 Å². The molecule has 0 heterocycles. The summed E-state index contributed by atoms with van der Waals surface area (Å²) in [6, 6.07) is 25.7. The summed E-state index contributed by atoms with van der Waals surface area (Å²) in [4.78, 5) is 0. The van der Waals surface area contributed by atoms with Crippen LogP contribution in [-0.2, 0) is 0 Å². The van der Waals surface area contributed by atoms with Crippen LogP contribution in [0.3, 0.4) is 0 Å². The molecular formula is C21H23N. The molecule has 0 aliphatic rings. The topological polar surface area (TPSA) is 26.0 Å². The summed E-state index contributed by atoms with van der Waals surface area (Å²) in [6.07, 6.45) is 2.11. The van der Waals surface area contributed by atoms with Gasteiger partial charge < -0.3 is 5.73 Å². The molecule has 112 valence electrons. The lowest BCUT2D eigenvalue weighted by Gasteiger charge is -2.18. The Kier molecular flexibility index (Phi) is 4.55. The molecule has 0 saturated heterocycles. The maximum atomic E-state index is 6.33. The van der Waals surface area contributed by atoms with Crippen molar-refractivity contribution in [2.75, 3.05) is 0 Å².